The van der Waals surface area contributed by atoms with Gasteiger partial charge in [0, 0.05) is 19.1 Å². The van der Waals surface area contributed by atoms with Crippen LogP contribution in [0.3, 0.4) is 0 Å². The number of hydrogen-bond donors (Lipinski definition) is 1. The molecular formula is C18H26F2N2O. The minimum Gasteiger partial charge on any atom is -0.372 e. The normalized spacial score (nSPS) is 32.8. The molecule has 0 spiro atoms. The molecule has 4 atom stereocenters. The van der Waals surface area contributed by atoms with Gasteiger partial charge in [-0.3, -0.25) is 0 Å². The third kappa shape index (κ3) is 4.72. The van der Waals surface area contributed by atoms with Gasteiger partial charge in [0.25, 0.3) is 0 Å². The summed E-state index contributed by atoms with van der Waals surface area (Å²) >= 11 is 0. The van der Waals surface area contributed by atoms with Crippen LogP contribution in [-0.2, 0) is 11.2 Å². The van der Waals surface area contributed by atoms with Crippen LogP contribution in [-0.4, -0.2) is 49.5 Å². The fourth-order valence-electron chi connectivity index (χ4n) is 3.75. The zero-order valence-corrected chi connectivity index (χ0v) is 13.5. The van der Waals surface area contributed by atoms with Gasteiger partial charge in [-0.25, -0.2) is 8.78 Å². The molecule has 1 aromatic rings. The van der Waals surface area contributed by atoms with E-state index >= 15 is 0 Å². The van der Waals surface area contributed by atoms with Crippen molar-refractivity contribution < 1.29 is 13.5 Å². The average molecular weight is 324 g/mol. The van der Waals surface area contributed by atoms with Gasteiger partial charge in [0.1, 0.15) is 12.0 Å². The molecule has 23 heavy (non-hydrogen) atoms. The van der Waals surface area contributed by atoms with E-state index in [2.05, 4.69) is 4.90 Å². The molecule has 1 aromatic carbocycles. The first-order valence-corrected chi connectivity index (χ1v) is 8.58. The summed E-state index contributed by atoms with van der Waals surface area (Å²) in [6.45, 7) is 3.01. The van der Waals surface area contributed by atoms with Crippen molar-refractivity contribution in [1.29, 1.82) is 0 Å². The Morgan fingerprint density at radius 1 is 1.26 bits per heavy atom. The van der Waals surface area contributed by atoms with Gasteiger partial charge < -0.3 is 15.4 Å². The van der Waals surface area contributed by atoms with Crippen molar-refractivity contribution in [2.75, 3.05) is 26.2 Å². The van der Waals surface area contributed by atoms with Crippen molar-refractivity contribution in [2.24, 2.45) is 11.7 Å². The van der Waals surface area contributed by atoms with Crippen LogP contribution >= 0.6 is 0 Å². The van der Waals surface area contributed by atoms with Gasteiger partial charge >= 0.3 is 0 Å². The van der Waals surface area contributed by atoms with E-state index in [1.54, 1.807) is 0 Å². The van der Waals surface area contributed by atoms with E-state index in [4.69, 9.17) is 10.5 Å². The van der Waals surface area contributed by atoms with Crippen molar-refractivity contribution in [3.63, 3.8) is 0 Å². The lowest BCUT2D eigenvalue weighted by Gasteiger charge is -2.38. The average Bonchev–Trinajstić information content (AvgIpc) is 2.53. The highest BCUT2D eigenvalue weighted by Gasteiger charge is 2.31. The summed E-state index contributed by atoms with van der Waals surface area (Å²) in [6.07, 6.45) is 2.73. The van der Waals surface area contributed by atoms with Gasteiger partial charge in [0.05, 0.1) is 12.7 Å². The molecule has 128 valence electrons. The molecule has 3 rings (SSSR count). The zero-order chi connectivity index (χ0) is 16.2. The van der Waals surface area contributed by atoms with E-state index in [1.807, 2.05) is 12.1 Å². The van der Waals surface area contributed by atoms with Crippen LogP contribution in [0.1, 0.15) is 24.8 Å². The number of piperidine rings is 1. The molecule has 0 aromatic heterocycles. The second kappa shape index (κ2) is 7.69. The molecule has 2 fully saturated rings. The first-order valence-electron chi connectivity index (χ1n) is 8.58. The van der Waals surface area contributed by atoms with Crippen molar-refractivity contribution in [3.05, 3.63) is 35.6 Å². The molecule has 5 heteroatoms. The predicted molar refractivity (Wildman–Crippen MR) is 86.5 cm³/mol. The number of likely N-dealkylation sites (tertiary alicyclic amines) is 1. The van der Waals surface area contributed by atoms with Gasteiger partial charge in [-0.2, -0.15) is 0 Å². The fraction of sp³-hybridized carbons (Fsp3) is 0.667. The Bertz CT molecular complexity index is 496. The highest BCUT2D eigenvalue weighted by molar-refractivity contribution is 5.16. The standard InChI is InChI=1S/C18H26F2N2O/c19-15-5-3-13(4-6-15)8-14-2-1-7-22(10-14)11-18-17(21)9-16(20)12-23-18/h3-6,14,16-18H,1-2,7-12,21H2/t14-,16+,17+,18+/m0/s1. The molecule has 2 aliphatic rings. The maximum atomic E-state index is 13.3. The Labute approximate surface area is 136 Å². The second-order valence-electron chi connectivity index (χ2n) is 6.97. The maximum absolute atomic E-state index is 13.3. The van der Waals surface area contributed by atoms with Gasteiger partial charge in [0.2, 0.25) is 0 Å². The number of alkyl halides is 1. The second-order valence-corrected chi connectivity index (χ2v) is 6.97. The van der Waals surface area contributed by atoms with Crippen LogP contribution in [0, 0.1) is 11.7 Å². The first-order chi connectivity index (χ1) is 11.1. The molecule has 3 nitrogen and oxygen atoms in total. The van der Waals surface area contributed by atoms with Gasteiger partial charge in [-0.1, -0.05) is 12.1 Å². The summed E-state index contributed by atoms with van der Waals surface area (Å²) in [7, 11) is 0. The number of ether oxygens (including phenoxy) is 1. The Balaban J connectivity index is 1.51. The molecule has 0 amide bonds. The van der Waals surface area contributed by atoms with Crippen LogP contribution in [0.5, 0.6) is 0 Å². The number of benzene rings is 1. The van der Waals surface area contributed by atoms with E-state index in [9.17, 15) is 8.78 Å². The molecule has 0 unspecified atom stereocenters. The summed E-state index contributed by atoms with van der Waals surface area (Å²) in [5.41, 5.74) is 7.22. The molecule has 2 heterocycles. The number of rotatable bonds is 4. The van der Waals surface area contributed by atoms with E-state index in [-0.39, 0.29) is 24.6 Å². The molecule has 2 aliphatic heterocycles. The number of nitrogens with two attached hydrogens (primary N) is 1. The molecule has 0 aliphatic carbocycles. The lowest BCUT2D eigenvalue weighted by molar-refractivity contribution is -0.0571. The van der Waals surface area contributed by atoms with E-state index in [0.717, 1.165) is 32.5 Å². The number of halogens is 2. The molecule has 2 saturated heterocycles. The summed E-state index contributed by atoms with van der Waals surface area (Å²) in [5.74, 6) is 0.386. The molecule has 2 N–H and O–H groups in total. The quantitative estimate of drug-likeness (QED) is 0.925. The largest absolute Gasteiger partial charge is 0.372 e. The van der Waals surface area contributed by atoms with Crippen LogP contribution in [0.2, 0.25) is 0 Å². The van der Waals surface area contributed by atoms with E-state index in [0.29, 0.717) is 12.3 Å². The Kier molecular flexibility index (Phi) is 5.62. The first kappa shape index (κ1) is 16.8. The van der Waals surface area contributed by atoms with Crippen molar-refractivity contribution in [1.82, 2.24) is 4.90 Å². The van der Waals surface area contributed by atoms with Crippen molar-refractivity contribution >= 4 is 0 Å². The number of hydrogen-bond acceptors (Lipinski definition) is 3. The maximum Gasteiger partial charge on any atom is 0.125 e. The van der Waals surface area contributed by atoms with Crippen LogP contribution in [0.25, 0.3) is 0 Å². The minimum atomic E-state index is -0.922. The smallest absolute Gasteiger partial charge is 0.125 e. The monoisotopic (exact) mass is 324 g/mol. The summed E-state index contributed by atoms with van der Waals surface area (Å²) in [4.78, 5) is 2.39. The molecular weight excluding hydrogens is 298 g/mol. The van der Waals surface area contributed by atoms with Crippen LogP contribution < -0.4 is 5.73 Å². The van der Waals surface area contributed by atoms with Crippen molar-refractivity contribution in [3.8, 4) is 0 Å². The van der Waals surface area contributed by atoms with Crippen LogP contribution in [0.15, 0.2) is 24.3 Å². The zero-order valence-electron chi connectivity index (χ0n) is 13.5. The Hall–Kier alpha value is -1.04. The topological polar surface area (TPSA) is 38.5 Å². The van der Waals surface area contributed by atoms with E-state index < -0.39 is 6.17 Å². The minimum absolute atomic E-state index is 0.0634. The Morgan fingerprint density at radius 2 is 2.04 bits per heavy atom. The highest BCUT2D eigenvalue weighted by Crippen LogP contribution is 2.23. The molecule has 0 radical (unpaired) electrons. The highest BCUT2D eigenvalue weighted by atomic mass is 19.1. The van der Waals surface area contributed by atoms with Crippen molar-refractivity contribution in [2.45, 2.75) is 44.0 Å². The Morgan fingerprint density at radius 3 is 2.78 bits per heavy atom. The van der Waals surface area contributed by atoms with Gasteiger partial charge in [-0.05, 0) is 55.8 Å². The third-order valence-corrected chi connectivity index (χ3v) is 4.98. The lowest BCUT2D eigenvalue weighted by atomic mass is 9.90. The lowest BCUT2D eigenvalue weighted by Crippen LogP contribution is -2.52. The summed E-state index contributed by atoms with van der Waals surface area (Å²) < 4.78 is 31.9. The van der Waals surface area contributed by atoms with Gasteiger partial charge in [0.15, 0.2) is 0 Å². The number of nitrogens with zero attached hydrogens (tertiary/aromatic N) is 1. The molecule has 0 bridgehead atoms. The summed E-state index contributed by atoms with van der Waals surface area (Å²) in [6, 6.07) is 6.58. The SMILES string of the molecule is N[C@@H]1C[C@@H](F)CO[C@@H]1CN1CCC[C@@H](Cc2ccc(F)cc2)C1. The third-order valence-electron chi connectivity index (χ3n) is 4.98. The van der Waals surface area contributed by atoms with Crippen LogP contribution in [0.4, 0.5) is 8.78 Å². The summed E-state index contributed by atoms with van der Waals surface area (Å²) in [5, 5.41) is 0. The fourth-order valence-corrected chi connectivity index (χ4v) is 3.75. The molecule has 0 saturated carbocycles. The van der Waals surface area contributed by atoms with Gasteiger partial charge in [-0.15, -0.1) is 0 Å². The predicted octanol–water partition coefficient (Wildman–Crippen LogP) is 2.53. The van der Waals surface area contributed by atoms with E-state index in [1.165, 1.54) is 24.1 Å².